The molecule has 1 aromatic rings. The number of rotatable bonds is 7. The standard InChI is InChI=1S/C13H19BrClNO2S/c1-13(2,7-4-8-14)10-16-19(17,18)12-6-3-5-11(15)9-12/h3,5-6,9,16H,4,7-8,10H2,1-2H3. The molecule has 0 atom stereocenters. The summed E-state index contributed by atoms with van der Waals surface area (Å²) in [4.78, 5) is 0.205. The molecule has 1 aromatic carbocycles. The van der Waals surface area contributed by atoms with Crippen LogP contribution < -0.4 is 4.72 Å². The highest BCUT2D eigenvalue weighted by Crippen LogP contribution is 2.23. The van der Waals surface area contributed by atoms with Gasteiger partial charge in [0.15, 0.2) is 0 Å². The first-order chi connectivity index (χ1) is 8.77. The van der Waals surface area contributed by atoms with E-state index in [1.807, 2.05) is 0 Å². The molecule has 19 heavy (non-hydrogen) atoms. The quantitative estimate of drug-likeness (QED) is 0.744. The Morgan fingerprint density at radius 3 is 2.63 bits per heavy atom. The van der Waals surface area contributed by atoms with Crippen LogP contribution in [0.25, 0.3) is 0 Å². The second-order valence-corrected chi connectivity index (χ2v) is 8.24. The maximum Gasteiger partial charge on any atom is 0.240 e. The van der Waals surface area contributed by atoms with Gasteiger partial charge in [0.25, 0.3) is 0 Å². The van der Waals surface area contributed by atoms with Crippen molar-refractivity contribution < 1.29 is 8.42 Å². The third-order valence-corrected chi connectivity index (χ3v) is 5.03. The average Bonchev–Trinajstić information content (AvgIpc) is 2.34. The van der Waals surface area contributed by atoms with E-state index in [9.17, 15) is 8.42 Å². The molecular weight excluding hydrogens is 350 g/mol. The summed E-state index contributed by atoms with van der Waals surface area (Å²) in [6.45, 7) is 4.52. The number of hydrogen-bond acceptors (Lipinski definition) is 2. The Hall–Kier alpha value is -0.100. The van der Waals surface area contributed by atoms with Crippen LogP contribution in [-0.2, 0) is 10.0 Å². The van der Waals surface area contributed by atoms with E-state index in [-0.39, 0.29) is 10.3 Å². The van der Waals surface area contributed by atoms with E-state index in [1.165, 1.54) is 6.07 Å². The van der Waals surface area contributed by atoms with Gasteiger partial charge in [-0.3, -0.25) is 0 Å². The summed E-state index contributed by atoms with van der Waals surface area (Å²) in [6.07, 6.45) is 1.97. The van der Waals surface area contributed by atoms with Gasteiger partial charge >= 0.3 is 0 Å². The predicted molar refractivity (Wildman–Crippen MR) is 83.4 cm³/mol. The molecule has 1 rings (SSSR count). The minimum atomic E-state index is -3.49. The van der Waals surface area contributed by atoms with Gasteiger partial charge < -0.3 is 0 Å². The monoisotopic (exact) mass is 367 g/mol. The zero-order valence-electron chi connectivity index (χ0n) is 11.1. The lowest BCUT2D eigenvalue weighted by Crippen LogP contribution is -2.34. The molecule has 3 nitrogen and oxygen atoms in total. The van der Waals surface area contributed by atoms with Gasteiger partial charge in [-0.15, -0.1) is 0 Å². The van der Waals surface area contributed by atoms with Crippen LogP contribution in [0.4, 0.5) is 0 Å². The highest BCUT2D eigenvalue weighted by molar-refractivity contribution is 9.09. The van der Waals surface area contributed by atoms with Crippen molar-refractivity contribution in [1.82, 2.24) is 4.72 Å². The van der Waals surface area contributed by atoms with Crippen molar-refractivity contribution in [2.24, 2.45) is 5.41 Å². The molecule has 0 radical (unpaired) electrons. The number of benzene rings is 1. The van der Waals surface area contributed by atoms with Crippen molar-refractivity contribution >= 4 is 37.6 Å². The molecule has 0 aliphatic carbocycles. The Bertz CT molecular complexity index is 517. The van der Waals surface area contributed by atoms with Crippen molar-refractivity contribution in [1.29, 1.82) is 0 Å². The lowest BCUT2D eigenvalue weighted by atomic mass is 9.88. The van der Waals surface area contributed by atoms with Gasteiger partial charge in [0.2, 0.25) is 10.0 Å². The molecule has 0 unspecified atom stereocenters. The number of hydrogen-bond donors (Lipinski definition) is 1. The highest BCUT2D eigenvalue weighted by atomic mass is 79.9. The molecule has 0 amide bonds. The summed E-state index contributed by atoms with van der Waals surface area (Å²) in [5.74, 6) is 0. The van der Waals surface area contributed by atoms with E-state index >= 15 is 0 Å². The molecule has 0 bridgehead atoms. The van der Waals surface area contributed by atoms with Gasteiger partial charge in [-0.1, -0.05) is 47.4 Å². The molecule has 0 spiro atoms. The predicted octanol–water partition coefficient (Wildman–Crippen LogP) is 3.82. The fourth-order valence-corrected chi connectivity index (χ4v) is 3.46. The molecule has 0 fully saturated rings. The average molecular weight is 369 g/mol. The van der Waals surface area contributed by atoms with E-state index in [4.69, 9.17) is 11.6 Å². The minimum Gasteiger partial charge on any atom is -0.211 e. The summed E-state index contributed by atoms with van der Waals surface area (Å²) in [5.41, 5.74) is -0.0700. The molecule has 0 saturated heterocycles. The van der Waals surface area contributed by atoms with Gasteiger partial charge in [-0.25, -0.2) is 13.1 Å². The normalized spacial score (nSPS) is 12.6. The lowest BCUT2D eigenvalue weighted by Gasteiger charge is -2.24. The lowest BCUT2D eigenvalue weighted by molar-refractivity contribution is 0.332. The van der Waals surface area contributed by atoms with Gasteiger partial charge in [-0.2, -0.15) is 0 Å². The van der Waals surface area contributed by atoms with E-state index in [1.54, 1.807) is 18.2 Å². The molecule has 108 valence electrons. The van der Waals surface area contributed by atoms with Crippen molar-refractivity contribution in [3.8, 4) is 0 Å². The first-order valence-electron chi connectivity index (χ1n) is 6.08. The maximum atomic E-state index is 12.1. The summed E-state index contributed by atoms with van der Waals surface area (Å²) in [6, 6.07) is 6.28. The highest BCUT2D eigenvalue weighted by Gasteiger charge is 2.22. The van der Waals surface area contributed by atoms with Crippen LogP contribution in [0.5, 0.6) is 0 Å². The summed E-state index contributed by atoms with van der Waals surface area (Å²) >= 11 is 9.20. The Labute approximate surface area is 128 Å². The van der Waals surface area contributed by atoms with Crippen LogP contribution in [0.1, 0.15) is 26.7 Å². The Morgan fingerprint density at radius 2 is 2.05 bits per heavy atom. The summed E-state index contributed by atoms with van der Waals surface area (Å²) < 4.78 is 26.9. The molecule has 6 heteroatoms. The second kappa shape index (κ2) is 7.07. The molecule has 0 aliphatic heterocycles. The summed E-state index contributed by atoms with van der Waals surface area (Å²) in [7, 11) is -3.49. The van der Waals surface area contributed by atoms with Crippen LogP contribution in [0, 0.1) is 5.41 Å². The van der Waals surface area contributed by atoms with Crippen molar-refractivity contribution in [2.45, 2.75) is 31.6 Å². The molecule has 0 heterocycles. The van der Waals surface area contributed by atoms with Crippen molar-refractivity contribution in [3.05, 3.63) is 29.3 Å². The number of alkyl halides is 1. The Kier molecular flexibility index (Phi) is 6.30. The fraction of sp³-hybridized carbons (Fsp3) is 0.538. The Morgan fingerprint density at radius 1 is 1.37 bits per heavy atom. The van der Waals surface area contributed by atoms with Crippen LogP contribution in [0.15, 0.2) is 29.2 Å². The fourth-order valence-electron chi connectivity index (χ4n) is 1.64. The van der Waals surface area contributed by atoms with Gasteiger partial charge in [0.1, 0.15) is 0 Å². The van der Waals surface area contributed by atoms with E-state index in [0.29, 0.717) is 11.6 Å². The largest absolute Gasteiger partial charge is 0.240 e. The Balaban J connectivity index is 2.71. The van der Waals surface area contributed by atoms with Gasteiger partial charge in [0.05, 0.1) is 4.90 Å². The van der Waals surface area contributed by atoms with E-state index in [2.05, 4.69) is 34.5 Å². The zero-order valence-corrected chi connectivity index (χ0v) is 14.3. The van der Waals surface area contributed by atoms with Gasteiger partial charge in [0, 0.05) is 16.9 Å². The van der Waals surface area contributed by atoms with Crippen molar-refractivity contribution in [2.75, 3.05) is 11.9 Å². The topological polar surface area (TPSA) is 46.2 Å². The molecule has 0 aromatic heterocycles. The molecular formula is C13H19BrClNO2S. The molecule has 1 N–H and O–H groups in total. The van der Waals surface area contributed by atoms with E-state index in [0.717, 1.165) is 18.2 Å². The smallest absolute Gasteiger partial charge is 0.211 e. The first kappa shape index (κ1) is 17.0. The van der Waals surface area contributed by atoms with Crippen LogP contribution >= 0.6 is 27.5 Å². The minimum absolute atomic E-state index is 0.0700. The zero-order chi connectivity index (χ0) is 14.5. The van der Waals surface area contributed by atoms with Crippen LogP contribution in [-0.4, -0.2) is 20.3 Å². The number of halogens is 2. The molecule has 0 saturated carbocycles. The van der Waals surface area contributed by atoms with Crippen LogP contribution in [0.3, 0.4) is 0 Å². The summed E-state index contributed by atoms with van der Waals surface area (Å²) in [5, 5.41) is 1.35. The number of nitrogens with one attached hydrogen (secondary N) is 1. The van der Waals surface area contributed by atoms with Crippen molar-refractivity contribution in [3.63, 3.8) is 0 Å². The SMILES string of the molecule is CC(C)(CCCBr)CNS(=O)(=O)c1cccc(Cl)c1. The third-order valence-electron chi connectivity index (χ3n) is 2.83. The second-order valence-electron chi connectivity index (χ2n) is 5.24. The van der Waals surface area contributed by atoms with Crippen LogP contribution in [0.2, 0.25) is 5.02 Å². The first-order valence-corrected chi connectivity index (χ1v) is 9.06. The number of sulfonamides is 1. The van der Waals surface area contributed by atoms with E-state index < -0.39 is 10.0 Å². The third kappa shape index (κ3) is 5.81. The van der Waals surface area contributed by atoms with Gasteiger partial charge in [-0.05, 0) is 36.5 Å². The molecule has 0 aliphatic rings. The maximum absolute atomic E-state index is 12.1.